The lowest BCUT2D eigenvalue weighted by atomic mass is 9.99. The van der Waals surface area contributed by atoms with E-state index in [1.54, 1.807) is 0 Å². The molecule has 19 heteroatoms. The molecule has 3 N–H and O–H groups in total. The topological polar surface area (TPSA) is 237 Å². The second-order valence-electron chi connectivity index (χ2n) is 32.2. The quantitative estimate of drug-likeness (QED) is 0.0222. The summed E-state index contributed by atoms with van der Waals surface area (Å²) in [6.07, 6.45) is 62.4. The van der Waals surface area contributed by atoms with Gasteiger partial charge in [0.15, 0.2) is 12.2 Å². The number of carbonyl (C=O) groups is 4. The van der Waals surface area contributed by atoms with Crippen LogP contribution in [0.3, 0.4) is 0 Å². The SMILES string of the molecule is CCC(C)CCCCCCCCCCC(=O)OC[C@H](COP(=O)(O)OC[C@H](O)COP(=O)(O)OC[C@@H](COC(=O)CCCCCCCCCCCCCCCCCC(C)C)OC(=O)CCCCCCCCCCCCCCCCCCCCC(C)C)OC(=O)CCCCCCCCCCCCC(C)C. The second kappa shape index (κ2) is 73.8. The highest BCUT2D eigenvalue weighted by atomic mass is 31.2. The molecule has 0 heterocycles. The number of aliphatic hydroxyl groups is 1. The van der Waals surface area contributed by atoms with Crippen LogP contribution in [0.1, 0.15) is 441 Å². The van der Waals surface area contributed by atoms with Crippen molar-refractivity contribution in [3.05, 3.63) is 0 Å². The van der Waals surface area contributed by atoms with Crippen LogP contribution in [-0.4, -0.2) is 96.7 Å². The lowest BCUT2D eigenvalue weighted by molar-refractivity contribution is -0.161. The Hall–Kier alpha value is -1.94. The van der Waals surface area contributed by atoms with Gasteiger partial charge in [-0.1, -0.05) is 389 Å². The molecule has 6 atom stereocenters. The Morgan fingerprint density at radius 2 is 0.462 bits per heavy atom. The van der Waals surface area contributed by atoms with E-state index in [1.165, 1.54) is 244 Å². The Balaban J connectivity index is 5.25. The number of ether oxygens (including phenoxy) is 4. The van der Waals surface area contributed by atoms with Crippen molar-refractivity contribution in [3.63, 3.8) is 0 Å². The first-order chi connectivity index (χ1) is 50.1. The fourth-order valence-electron chi connectivity index (χ4n) is 13.1. The van der Waals surface area contributed by atoms with Gasteiger partial charge in [-0.2, -0.15) is 0 Å². The first-order valence-electron chi connectivity index (χ1n) is 43.7. The van der Waals surface area contributed by atoms with Gasteiger partial charge in [-0.3, -0.25) is 37.3 Å². The molecule has 0 saturated carbocycles. The van der Waals surface area contributed by atoms with Crippen molar-refractivity contribution in [2.75, 3.05) is 39.6 Å². The van der Waals surface area contributed by atoms with E-state index in [1.807, 2.05) is 0 Å². The fourth-order valence-corrected chi connectivity index (χ4v) is 14.7. The van der Waals surface area contributed by atoms with Crippen LogP contribution >= 0.6 is 15.6 Å². The summed E-state index contributed by atoms with van der Waals surface area (Å²) in [7, 11) is -9.93. The number of carbonyl (C=O) groups excluding carboxylic acids is 4. The first kappa shape index (κ1) is 102. The molecule has 0 bridgehead atoms. The summed E-state index contributed by atoms with van der Waals surface area (Å²) in [6.45, 7) is 14.3. The third kappa shape index (κ3) is 76.8. The standard InChI is InChI=1S/C85H166O17P2/c1-9-78(8)64-56-48-40-35-36-42-50-58-66-83(88)96-72-81(102-85(90)68-60-52-44-34-28-27-31-39-47-55-63-77(6)7)74-100-104(93,94)98-70-79(86)69-97-103(91,92)99-73-80(71-95-82(87)65-57-49-41-32-25-21-18-14-16-20-24-30-38-46-54-62-76(4)5)101-84(89)67-59-51-43-33-26-22-17-13-11-10-12-15-19-23-29-37-45-53-61-75(2)3/h75-81,86H,9-74H2,1-8H3,(H,91,92)(H,93,94)/t78?,79-,80-,81-/m1/s1. The molecule has 0 aliphatic carbocycles. The highest BCUT2D eigenvalue weighted by molar-refractivity contribution is 7.47. The van der Waals surface area contributed by atoms with Gasteiger partial charge in [0.2, 0.25) is 0 Å². The van der Waals surface area contributed by atoms with Crippen LogP contribution in [0.2, 0.25) is 0 Å². The summed E-state index contributed by atoms with van der Waals surface area (Å²) < 4.78 is 68.9. The largest absolute Gasteiger partial charge is 0.472 e. The molecule has 0 rings (SSSR count). The molecule has 17 nitrogen and oxygen atoms in total. The van der Waals surface area contributed by atoms with Crippen LogP contribution < -0.4 is 0 Å². The van der Waals surface area contributed by atoms with Crippen molar-refractivity contribution in [2.45, 2.75) is 459 Å². The Morgan fingerprint density at radius 1 is 0.269 bits per heavy atom. The summed E-state index contributed by atoms with van der Waals surface area (Å²) in [5.41, 5.74) is 0. The third-order valence-electron chi connectivity index (χ3n) is 20.2. The molecule has 0 saturated heterocycles. The van der Waals surface area contributed by atoms with Gasteiger partial charge in [0.1, 0.15) is 19.3 Å². The summed E-state index contributed by atoms with van der Waals surface area (Å²) in [6, 6.07) is 0. The number of hydrogen-bond acceptors (Lipinski definition) is 15. The predicted octanol–water partition coefficient (Wildman–Crippen LogP) is 25.6. The zero-order valence-electron chi connectivity index (χ0n) is 68.7. The van der Waals surface area contributed by atoms with Crippen molar-refractivity contribution in [3.8, 4) is 0 Å². The molecular formula is C85H166O17P2. The molecule has 0 aliphatic rings. The van der Waals surface area contributed by atoms with Crippen molar-refractivity contribution in [1.29, 1.82) is 0 Å². The maximum atomic E-state index is 13.1. The molecule has 0 fully saturated rings. The van der Waals surface area contributed by atoms with E-state index < -0.39 is 97.5 Å². The highest BCUT2D eigenvalue weighted by Crippen LogP contribution is 2.45. The van der Waals surface area contributed by atoms with E-state index in [4.69, 9.17) is 37.0 Å². The number of rotatable bonds is 82. The van der Waals surface area contributed by atoms with Crippen molar-refractivity contribution >= 4 is 39.5 Å². The number of esters is 4. The summed E-state index contributed by atoms with van der Waals surface area (Å²) in [4.78, 5) is 73.2. The number of phosphoric acid groups is 2. The normalized spacial score (nSPS) is 14.2. The maximum absolute atomic E-state index is 13.1. The van der Waals surface area contributed by atoms with E-state index in [0.29, 0.717) is 25.7 Å². The van der Waals surface area contributed by atoms with Gasteiger partial charge in [0.05, 0.1) is 26.4 Å². The van der Waals surface area contributed by atoms with Crippen LogP contribution in [0.25, 0.3) is 0 Å². The van der Waals surface area contributed by atoms with E-state index >= 15 is 0 Å². The van der Waals surface area contributed by atoms with Crippen molar-refractivity contribution in [2.24, 2.45) is 23.7 Å². The van der Waals surface area contributed by atoms with Gasteiger partial charge in [-0.25, -0.2) is 9.13 Å². The lowest BCUT2D eigenvalue weighted by Gasteiger charge is -2.21. The summed E-state index contributed by atoms with van der Waals surface area (Å²) >= 11 is 0. The number of hydrogen-bond donors (Lipinski definition) is 3. The predicted molar refractivity (Wildman–Crippen MR) is 428 cm³/mol. The molecule has 0 aliphatic heterocycles. The first-order valence-corrected chi connectivity index (χ1v) is 46.7. The minimum Gasteiger partial charge on any atom is -0.462 e. The molecule has 0 aromatic heterocycles. The van der Waals surface area contributed by atoms with Crippen LogP contribution in [0, 0.1) is 23.7 Å². The fraction of sp³-hybridized carbons (Fsp3) is 0.953. The second-order valence-corrected chi connectivity index (χ2v) is 35.2. The minimum absolute atomic E-state index is 0.105. The van der Waals surface area contributed by atoms with Crippen LogP contribution in [0.4, 0.5) is 0 Å². The summed E-state index contributed by atoms with van der Waals surface area (Å²) in [5.74, 6) is 1.05. The molecule has 618 valence electrons. The van der Waals surface area contributed by atoms with E-state index in [9.17, 15) is 43.2 Å². The molecule has 0 aromatic carbocycles. The average molecular weight is 1520 g/mol. The molecule has 104 heavy (non-hydrogen) atoms. The van der Waals surface area contributed by atoms with Gasteiger partial charge in [0.25, 0.3) is 0 Å². The van der Waals surface area contributed by atoms with Gasteiger partial charge in [0, 0.05) is 25.7 Å². The Morgan fingerprint density at radius 3 is 0.683 bits per heavy atom. The molecule has 3 unspecified atom stereocenters. The van der Waals surface area contributed by atoms with Crippen LogP contribution in [0.15, 0.2) is 0 Å². The smallest absolute Gasteiger partial charge is 0.462 e. The van der Waals surface area contributed by atoms with E-state index in [0.717, 1.165) is 114 Å². The number of aliphatic hydroxyl groups excluding tert-OH is 1. The summed E-state index contributed by atoms with van der Waals surface area (Å²) in [5, 5.41) is 10.7. The molecule has 0 radical (unpaired) electrons. The minimum atomic E-state index is -4.97. The van der Waals surface area contributed by atoms with Gasteiger partial charge in [-0.15, -0.1) is 0 Å². The molecule has 0 aromatic rings. The van der Waals surface area contributed by atoms with E-state index in [-0.39, 0.29) is 25.7 Å². The van der Waals surface area contributed by atoms with Gasteiger partial charge < -0.3 is 33.8 Å². The highest BCUT2D eigenvalue weighted by Gasteiger charge is 2.30. The number of unbranched alkanes of at least 4 members (excludes halogenated alkanes) is 47. The zero-order valence-corrected chi connectivity index (χ0v) is 70.5. The van der Waals surface area contributed by atoms with Crippen LogP contribution in [-0.2, 0) is 65.4 Å². The average Bonchev–Trinajstić information content (AvgIpc) is 0.912. The van der Waals surface area contributed by atoms with Gasteiger partial charge >= 0.3 is 39.5 Å². The van der Waals surface area contributed by atoms with Crippen molar-refractivity contribution in [1.82, 2.24) is 0 Å². The zero-order chi connectivity index (χ0) is 76.7. The Bertz CT molecular complexity index is 2030. The van der Waals surface area contributed by atoms with Crippen LogP contribution in [0.5, 0.6) is 0 Å². The third-order valence-corrected chi connectivity index (χ3v) is 22.1. The molecular weight excluding hydrogens is 1350 g/mol. The molecule has 0 amide bonds. The van der Waals surface area contributed by atoms with Gasteiger partial charge in [-0.05, 0) is 49.4 Å². The Labute approximate surface area is 638 Å². The van der Waals surface area contributed by atoms with E-state index in [2.05, 4.69) is 55.4 Å². The number of phosphoric ester groups is 2. The maximum Gasteiger partial charge on any atom is 0.472 e. The lowest BCUT2D eigenvalue weighted by Crippen LogP contribution is -2.30. The Kier molecular flexibility index (Phi) is 72.5. The van der Waals surface area contributed by atoms with Crippen molar-refractivity contribution < 1.29 is 80.2 Å². The molecule has 0 spiro atoms. The monoisotopic (exact) mass is 1520 g/mol.